The second kappa shape index (κ2) is 5.69. The Balaban J connectivity index is 1.79. The number of hydrogen-bond acceptors (Lipinski definition) is 4. The molecule has 1 aliphatic rings. The van der Waals surface area contributed by atoms with Gasteiger partial charge >= 0.3 is 0 Å². The molecule has 1 fully saturated rings. The molecule has 1 atom stereocenters. The molecule has 3 heterocycles. The Kier molecular flexibility index (Phi) is 3.74. The maximum absolute atomic E-state index is 12.6. The number of ether oxygens (including phenoxy) is 1. The lowest BCUT2D eigenvalue weighted by Crippen LogP contribution is -2.45. The van der Waals surface area contributed by atoms with Gasteiger partial charge in [0, 0.05) is 18.9 Å². The predicted octanol–water partition coefficient (Wildman–Crippen LogP) is 0.823. The fourth-order valence-corrected chi connectivity index (χ4v) is 2.64. The highest BCUT2D eigenvalue weighted by Crippen LogP contribution is 2.25. The number of aromatic nitrogens is 4. The Morgan fingerprint density at radius 1 is 1.52 bits per heavy atom. The van der Waals surface area contributed by atoms with Crippen molar-refractivity contribution in [1.82, 2.24) is 24.6 Å². The minimum Gasteiger partial charge on any atom is -0.377 e. The van der Waals surface area contributed by atoms with Crippen LogP contribution in [0, 0.1) is 13.8 Å². The third-order valence-electron chi connectivity index (χ3n) is 3.88. The average molecular weight is 289 g/mol. The Morgan fingerprint density at radius 2 is 2.38 bits per heavy atom. The van der Waals surface area contributed by atoms with Crippen LogP contribution in [-0.2, 0) is 16.1 Å². The molecule has 0 radical (unpaired) electrons. The van der Waals surface area contributed by atoms with Gasteiger partial charge in [-0.2, -0.15) is 5.10 Å². The topological polar surface area (TPSA) is 76.0 Å². The van der Waals surface area contributed by atoms with Crippen LogP contribution in [0.3, 0.4) is 0 Å². The molecular formula is C14H19N5O2. The number of hydrogen-bond donors (Lipinski definition) is 1. The lowest BCUT2D eigenvalue weighted by Gasteiger charge is -2.35. The van der Waals surface area contributed by atoms with Crippen LogP contribution in [-0.4, -0.2) is 50.3 Å². The van der Waals surface area contributed by atoms with E-state index in [1.165, 1.54) is 0 Å². The summed E-state index contributed by atoms with van der Waals surface area (Å²) in [6.07, 6.45) is 5.30. The van der Waals surface area contributed by atoms with E-state index in [9.17, 15) is 4.79 Å². The lowest BCUT2D eigenvalue weighted by molar-refractivity contribution is -0.141. The monoisotopic (exact) mass is 289 g/mol. The molecule has 7 heteroatoms. The number of nitrogens with one attached hydrogen (secondary N) is 1. The zero-order valence-electron chi connectivity index (χ0n) is 12.2. The number of morpholine rings is 1. The van der Waals surface area contributed by atoms with Crippen molar-refractivity contribution in [2.75, 3.05) is 19.8 Å². The summed E-state index contributed by atoms with van der Waals surface area (Å²) in [4.78, 5) is 18.6. The van der Waals surface area contributed by atoms with Crippen LogP contribution in [0.1, 0.15) is 23.1 Å². The highest BCUT2D eigenvalue weighted by Gasteiger charge is 2.30. The van der Waals surface area contributed by atoms with Gasteiger partial charge in [0.05, 0.1) is 31.1 Å². The molecule has 2 aromatic rings. The van der Waals surface area contributed by atoms with Crippen LogP contribution < -0.4 is 0 Å². The highest BCUT2D eigenvalue weighted by molar-refractivity contribution is 5.76. The summed E-state index contributed by atoms with van der Waals surface area (Å²) < 4.78 is 7.40. The van der Waals surface area contributed by atoms with E-state index in [4.69, 9.17) is 4.74 Å². The molecule has 0 saturated carbocycles. The van der Waals surface area contributed by atoms with Crippen LogP contribution in [0.15, 0.2) is 18.6 Å². The van der Waals surface area contributed by atoms with Crippen LogP contribution in [0.5, 0.6) is 0 Å². The zero-order valence-corrected chi connectivity index (χ0v) is 12.2. The lowest BCUT2D eigenvalue weighted by atomic mass is 10.1. The fourth-order valence-electron chi connectivity index (χ4n) is 2.64. The van der Waals surface area contributed by atoms with Gasteiger partial charge in [-0.25, -0.2) is 4.98 Å². The average Bonchev–Trinajstić information content (AvgIpc) is 3.08. The number of imidazole rings is 1. The predicted molar refractivity (Wildman–Crippen MR) is 75.6 cm³/mol. The summed E-state index contributed by atoms with van der Waals surface area (Å²) in [5, 5.41) is 7.03. The van der Waals surface area contributed by atoms with Gasteiger partial charge in [-0.3, -0.25) is 9.89 Å². The van der Waals surface area contributed by atoms with Crippen molar-refractivity contribution < 1.29 is 9.53 Å². The number of carbonyl (C=O) groups excluding carboxylic acids is 1. The largest absolute Gasteiger partial charge is 0.377 e. The number of aromatic amines is 1. The molecule has 112 valence electrons. The van der Waals surface area contributed by atoms with Gasteiger partial charge in [0.2, 0.25) is 5.91 Å². The van der Waals surface area contributed by atoms with E-state index in [1.54, 1.807) is 12.4 Å². The first-order valence-electron chi connectivity index (χ1n) is 7.01. The Morgan fingerprint density at radius 3 is 3.05 bits per heavy atom. The minimum atomic E-state index is -0.0995. The molecule has 1 N–H and O–H groups in total. The number of rotatable bonds is 3. The fraction of sp³-hybridized carbons (Fsp3) is 0.500. The molecule has 0 aromatic carbocycles. The van der Waals surface area contributed by atoms with Crippen LogP contribution >= 0.6 is 0 Å². The summed E-state index contributed by atoms with van der Waals surface area (Å²) >= 11 is 0. The van der Waals surface area contributed by atoms with Gasteiger partial charge in [0.15, 0.2) is 0 Å². The molecule has 1 aliphatic heterocycles. The van der Waals surface area contributed by atoms with E-state index in [-0.39, 0.29) is 11.9 Å². The molecule has 21 heavy (non-hydrogen) atoms. The molecule has 0 spiro atoms. The van der Waals surface area contributed by atoms with E-state index in [2.05, 4.69) is 15.2 Å². The van der Waals surface area contributed by atoms with Gasteiger partial charge in [0.1, 0.15) is 12.4 Å². The van der Waals surface area contributed by atoms with Crippen LogP contribution in [0.25, 0.3) is 0 Å². The number of carbonyl (C=O) groups is 1. The number of nitrogens with zero attached hydrogens (tertiary/aromatic N) is 4. The van der Waals surface area contributed by atoms with Crippen molar-refractivity contribution in [2.24, 2.45) is 0 Å². The zero-order chi connectivity index (χ0) is 14.8. The first-order valence-corrected chi connectivity index (χ1v) is 7.01. The van der Waals surface area contributed by atoms with Crippen LogP contribution in [0.2, 0.25) is 0 Å². The van der Waals surface area contributed by atoms with Crippen molar-refractivity contribution in [3.63, 3.8) is 0 Å². The smallest absolute Gasteiger partial charge is 0.243 e. The van der Waals surface area contributed by atoms with E-state index in [0.29, 0.717) is 26.3 Å². The number of amides is 1. The quantitative estimate of drug-likeness (QED) is 0.907. The van der Waals surface area contributed by atoms with Crippen molar-refractivity contribution in [3.8, 4) is 0 Å². The third kappa shape index (κ3) is 2.69. The molecule has 1 saturated heterocycles. The van der Waals surface area contributed by atoms with Gasteiger partial charge < -0.3 is 14.2 Å². The first kappa shape index (κ1) is 13.8. The summed E-state index contributed by atoms with van der Waals surface area (Å²) in [5.74, 6) is 0.907. The van der Waals surface area contributed by atoms with Gasteiger partial charge in [-0.1, -0.05) is 0 Å². The van der Waals surface area contributed by atoms with E-state index in [1.807, 2.05) is 29.5 Å². The van der Waals surface area contributed by atoms with Crippen molar-refractivity contribution in [3.05, 3.63) is 35.7 Å². The third-order valence-corrected chi connectivity index (χ3v) is 3.88. The molecule has 2 aromatic heterocycles. The molecule has 0 bridgehead atoms. The number of H-pyrrole nitrogens is 1. The van der Waals surface area contributed by atoms with E-state index in [0.717, 1.165) is 17.1 Å². The van der Waals surface area contributed by atoms with Crippen molar-refractivity contribution >= 4 is 5.91 Å². The molecule has 1 unspecified atom stereocenters. The normalized spacial score (nSPS) is 19.0. The van der Waals surface area contributed by atoms with Crippen molar-refractivity contribution in [2.45, 2.75) is 26.4 Å². The summed E-state index contributed by atoms with van der Waals surface area (Å²) in [5.41, 5.74) is 1.99. The highest BCUT2D eigenvalue weighted by atomic mass is 16.5. The molecule has 3 rings (SSSR count). The van der Waals surface area contributed by atoms with Crippen molar-refractivity contribution in [1.29, 1.82) is 0 Å². The molecule has 7 nitrogen and oxygen atoms in total. The molecular weight excluding hydrogens is 270 g/mol. The summed E-state index contributed by atoms with van der Waals surface area (Å²) in [7, 11) is 0. The van der Waals surface area contributed by atoms with E-state index < -0.39 is 0 Å². The Hall–Kier alpha value is -2.15. The molecule has 0 aliphatic carbocycles. The molecule has 1 amide bonds. The standard InChI is InChI=1S/C14H19N5O2/c1-10-7-16-17-14(10)12-9-21-6-5-19(12)13(20)8-18-4-3-15-11(18)2/h3-4,7,12H,5-6,8-9H2,1-2H3,(H,16,17). The maximum atomic E-state index is 12.6. The number of aryl methyl sites for hydroxylation is 2. The van der Waals surface area contributed by atoms with E-state index >= 15 is 0 Å². The second-order valence-electron chi connectivity index (χ2n) is 5.25. The SMILES string of the molecule is Cc1cn[nH]c1C1COCCN1C(=O)Cn1ccnc1C. The first-order chi connectivity index (χ1) is 10.2. The summed E-state index contributed by atoms with van der Waals surface area (Å²) in [6, 6.07) is -0.0995. The Labute approximate surface area is 122 Å². The Bertz CT molecular complexity index is 633. The van der Waals surface area contributed by atoms with Gasteiger partial charge in [-0.15, -0.1) is 0 Å². The minimum absolute atomic E-state index is 0.0680. The van der Waals surface area contributed by atoms with Gasteiger partial charge in [0.25, 0.3) is 0 Å². The van der Waals surface area contributed by atoms with Gasteiger partial charge in [-0.05, 0) is 19.4 Å². The maximum Gasteiger partial charge on any atom is 0.243 e. The summed E-state index contributed by atoms with van der Waals surface area (Å²) in [6.45, 7) is 5.83. The second-order valence-corrected chi connectivity index (χ2v) is 5.25. The van der Waals surface area contributed by atoms with Crippen LogP contribution in [0.4, 0.5) is 0 Å².